The monoisotopic (exact) mass is 369 g/mol. The van der Waals surface area contributed by atoms with E-state index in [0.29, 0.717) is 23.0 Å². The van der Waals surface area contributed by atoms with Gasteiger partial charge in [-0.3, -0.25) is 4.79 Å². The molecule has 0 saturated carbocycles. The van der Waals surface area contributed by atoms with E-state index >= 15 is 0 Å². The van der Waals surface area contributed by atoms with E-state index in [2.05, 4.69) is 5.32 Å². The molecule has 0 aromatic heterocycles. The molecule has 128 valence electrons. The lowest BCUT2D eigenvalue weighted by Crippen LogP contribution is -2.23. The van der Waals surface area contributed by atoms with Gasteiger partial charge in [0.25, 0.3) is 0 Å². The number of rotatable bonds is 5. The van der Waals surface area contributed by atoms with Gasteiger partial charge in [0, 0.05) is 20.4 Å². The lowest BCUT2D eigenvalue weighted by molar-refractivity contribution is -0.159. The average Bonchev–Trinajstić information content (AvgIpc) is 2.74. The van der Waals surface area contributed by atoms with Crippen molar-refractivity contribution in [1.82, 2.24) is 5.32 Å². The van der Waals surface area contributed by atoms with Crippen LogP contribution in [0.15, 0.2) is 36.1 Å². The van der Waals surface area contributed by atoms with Gasteiger partial charge in [0.05, 0.1) is 16.1 Å². The number of hydrogen-bond acceptors (Lipinski definition) is 4. The molecule has 0 spiro atoms. The minimum absolute atomic E-state index is 0.0937. The molecule has 1 aromatic rings. The maximum atomic E-state index is 11.7. The van der Waals surface area contributed by atoms with Gasteiger partial charge in [-0.25, -0.2) is 4.79 Å². The number of carbonyl (C=O) groups excluding carboxylic acids is 2. The van der Waals surface area contributed by atoms with E-state index in [4.69, 9.17) is 32.7 Å². The molecule has 1 heterocycles. The molecule has 1 N–H and O–H groups in total. The Morgan fingerprint density at radius 1 is 1.25 bits per heavy atom. The van der Waals surface area contributed by atoms with E-state index in [1.54, 1.807) is 26.0 Å². The van der Waals surface area contributed by atoms with Crippen molar-refractivity contribution in [2.75, 3.05) is 6.54 Å². The quantitative estimate of drug-likeness (QED) is 0.488. The maximum Gasteiger partial charge on any atom is 0.377 e. The second-order valence-corrected chi connectivity index (χ2v) is 6.37. The third-order valence-corrected chi connectivity index (χ3v) is 3.76. The van der Waals surface area contributed by atoms with Crippen molar-refractivity contribution in [1.29, 1.82) is 0 Å². The summed E-state index contributed by atoms with van der Waals surface area (Å²) in [7, 11) is 0. The van der Waals surface area contributed by atoms with Crippen molar-refractivity contribution in [2.24, 2.45) is 0 Å². The van der Waals surface area contributed by atoms with Gasteiger partial charge in [-0.1, -0.05) is 41.4 Å². The molecule has 5 nitrogen and oxygen atoms in total. The molecule has 0 unspecified atom stereocenters. The number of amides is 1. The number of ether oxygens (including phenoxy) is 2. The summed E-state index contributed by atoms with van der Waals surface area (Å²) in [4.78, 5) is 23.2. The summed E-state index contributed by atoms with van der Waals surface area (Å²) < 4.78 is 10.2. The number of benzene rings is 1. The van der Waals surface area contributed by atoms with Crippen molar-refractivity contribution in [3.05, 3.63) is 51.7 Å². The van der Waals surface area contributed by atoms with Gasteiger partial charge in [-0.2, -0.15) is 0 Å². The van der Waals surface area contributed by atoms with E-state index < -0.39 is 17.7 Å². The first-order valence-corrected chi connectivity index (χ1v) is 8.06. The fourth-order valence-corrected chi connectivity index (χ4v) is 2.28. The maximum absolute atomic E-state index is 11.7. The fourth-order valence-electron chi connectivity index (χ4n) is 1.97. The molecule has 1 aromatic carbocycles. The van der Waals surface area contributed by atoms with E-state index in [-0.39, 0.29) is 5.76 Å². The molecule has 1 aliphatic rings. The van der Waals surface area contributed by atoms with Crippen LogP contribution < -0.4 is 5.32 Å². The second-order valence-electron chi connectivity index (χ2n) is 5.56. The number of hydrogen-bond donors (Lipinski definition) is 1. The van der Waals surface area contributed by atoms with Crippen molar-refractivity contribution in [3.8, 4) is 0 Å². The minimum atomic E-state index is -1.04. The van der Waals surface area contributed by atoms with E-state index in [9.17, 15) is 9.59 Å². The molecule has 0 atom stereocenters. The van der Waals surface area contributed by atoms with Crippen LogP contribution in [0, 0.1) is 0 Å². The summed E-state index contributed by atoms with van der Waals surface area (Å²) in [6.45, 7) is 3.60. The zero-order chi connectivity index (χ0) is 17.7. The zero-order valence-corrected chi connectivity index (χ0v) is 14.8. The molecule has 7 heteroatoms. The number of carbonyl (C=O) groups is 2. The van der Waals surface area contributed by atoms with Crippen LogP contribution in [0.3, 0.4) is 0 Å². The average molecular weight is 370 g/mol. The number of cyclic esters (lactones) is 1. The summed E-state index contributed by atoms with van der Waals surface area (Å²) >= 11 is 11.8. The van der Waals surface area contributed by atoms with Gasteiger partial charge in [0.1, 0.15) is 0 Å². The first kappa shape index (κ1) is 18.4. The molecular formula is C17H17Cl2NO4. The molecule has 0 bridgehead atoms. The Bertz CT molecular complexity index is 711. The standard InChI is InChI=1S/C17H17Cl2NO4/c1-17(2)23-14(16(22)24-17)10-15(21)20-8-4-3-5-11-6-7-12(18)13(19)9-11/h3,5-7,9-10H,4,8H2,1-2H3,(H,20,21). The van der Waals surface area contributed by atoms with Crippen LogP contribution >= 0.6 is 23.2 Å². The second kappa shape index (κ2) is 7.73. The molecule has 24 heavy (non-hydrogen) atoms. The SMILES string of the molecule is CC1(C)OC(=O)C(=CC(=O)NCCC=Cc2ccc(Cl)c(Cl)c2)O1. The highest BCUT2D eigenvalue weighted by molar-refractivity contribution is 6.42. The lowest BCUT2D eigenvalue weighted by Gasteiger charge is -2.13. The van der Waals surface area contributed by atoms with E-state index in [1.807, 2.05) is 18.2 Å². The molecule has 0 radical (unpaired) electrons. The first-order valence-electron chi connectivity index (χ1n) is 7.30. The van der Waals surface area contributed by atoms with Crippen LogP contribution in [-0.4, -0.2) is 24.2 Å². The Hall–Kier alpha value is -1.98. The van der Waals surface area contributed by atoms with E-state index in [1.165, 1.54) is 0 Å². The summed E-state index contributed by atoms with van der Waals surface area (Å²) in [5, 5.41) is 3.66. The first-order chi connectivity index (χ1) is 11.3. The van der Waals surface area contributed by atoms with E-state index in [0.717, 1.165) is 11.6 Å². The smallest absolute Gasteiger partial charge is 0.377 e. The summed E-state index contributed by atoms with van der Waals surface area (Å²) in [6.07, 6.45) is 5.49. The van der Waals surface area contributed by atoms with Gasteiger partial charge in [-0.15, -0.1) is 0 Å². The summed E-state index contributed by atoms with van der Waals surface area (Å²) in [6, 6.07) is 5.33. The molecule has 1 saturated heterocycles. The fraction of sp³-hybridized carbons (Fsp3) is 0.294. The van der Waals surface area contributed by atoms with Crippen molar-refractivity contribution < 1.29 is 19.1 Å². The number of esters is 1. The zero-order valence-electron chi connectivity index (χ0n) is 13.3. The Morgan fingerprint density at radius 2 is 2.00 bits per heavy atom. The normalized spacial score (nSPS) is 17.8. The molecule has 0 aliphatic carbocycles. The van der Waals surface area contributed by atoms with Crippen molar-refractivity contribution in [2.45, 2.75) is 26.1 Å². The molecule has 2 rings (SSSR count). The largest absolute Gasteiger partial charge is 0.445 e. The highest BCUT2D eigenvalue weighted by Gasteiger charge is 2.37. The molecule has 1 amide bonds. The molecule has 1 fully saturated rings. The molecule has 1 aliphatic heterocycles. The molecular weight excluding hydrogens is 353 g/mol. The van der Waals surface area contributed by atoms with Crippen LogP contribution in [0.5, 0.6) is 0 Å². The predicted molar refractivity (Wildman–Crippen MR) is 92.5 cm³/mol. The minimum Gasteiger partial charge on any atom is -0.445 e. The van der Waals surface area contributed by atoms with Crippen LogP contribution in [-0.2, 0) is 19.1 Å². The predicted octanol–water partition coefficient (Wildman–Crippen LogP) is 3.71. The Morgan fingerprint density at radius 3 is 2.62 bits per heavy atom. The van der Waals surface area contributed by atoms with Gasteiger partial charge < -0.3 is 14.8 Å². The topological polar surface area (TPSA) is 64.6 Å². The number of nitrogens with one attached hydrogen (secondary N) is 1. The third kappa shape index (κ3) is 5.28. The van der Waals surface area contributed by atoms with Gasteiger partial charge in [0.2, 0.25) is 17.5 Å². The highest BCUT2D eigenvalue weighted by atomic mass is 35.5. The number of halogens is 2. The van der Waals surface area contributed by atoms with Gasteiger partial charge in [-0.05, 0) is 24.1 Å². The summed E-state index contributed by atoms with van der Waals surface area (Å²) in [5.41, 5.74) is 0.919. The lowest BCUT2D eigenvalue weighted by atomic mass is 10.2. The van der Waals surface area contributed by atoms with Crippen LogP contribution in [0.1, 0.15) is 25.8 Å². The van der Waals surface area contributed by atoms with Crippen LogP contribution in [0.25, 0.3) is 6.08 Å². The third-order valence-electron chi connectivity index (χ3n) is 3.02. The van der Waals surface area contributed by atoms with Crippen LogP contribution in [0.4, 0.5) is 0 Å². The van der Waals surface area contributed by atoms with Crippen molar-refractivity contribution in [3.63, 3.8) is 0 Å². The van der Waals surface area contributed by atoms with Crippen LogP contribution in [0.2, 0.25) is 10.0 Å². The Kier molecular flexibility index (Phi) is 5.91. The Labute approximate surface area is 150 Å². The highest BCUT2D eigenvalue weighted by Crippen LogP contribution is 2.26. The van der Waals surface area contributed by atoms with Gasteiger partial charge in [0.15, 0.2) is 0 Å². The van der Waals surface area contributed by atoms with Crippen molar-refractivity contribution >= 4 is 41.2 Å². The Balaban J connectivity index is 1.78. The van der Waals surface area contributed by atoms with Gasteiger partial charge >= 0.3 is 5.97 Å². The summed E-state index contributed by atoms with van der Waals surface area (Å²) in [5.74, 6) is -2.19.